The van der Waals surface area contributed by atoms with Gasteiger partial charge in [0.25, 0.3) is 5.56 Å². The van der Waals surface area contributed by atoms with Crippen molar-refractivity contribution in [3.05, 3.63) is 23.0 Å². The van der Waals surface area contributed by atoms with E-state index in [0.29, 0.717) is 16.9 Å². The molecule has 3 rings (SSSR count). The van der Waals surface area contributed by atoms with Crippen molar-refractivity contribution in [2.24, 2.45) is 0 Å². The van der Waals surface area contributed by atoms with Gasteiger partial charge in [0.2, 0.25) is 11.7 Å². The molecule has 0 bridgehead atoms. The third-order valence-electron chi connectivity index (χ3n) is 3.37. The van der Waals surface area contributed by atoms with Gasteiger partial charge >= 0.3 is 5.65 Å². The maximum atomic E-state index is 11.6. The van der Waals surface area contributed by atoms with Crippen molar-refractivity contribution in [3.63, 3.8) is 0 Å². The van der Waals surface area contributed by atoms with Crippen LogP contribution in [0.25, 0.3) is 11.2 Å². The molecule has 0 radical (unpaired) electrons. The molecule has 2 aromatic rings. The Bertz CT molecular complexity index is 672. The first-order valence-corrected chi connectivity index (χ1v) is 7.49. The van der Waals surface area contributed by atoms with Crippen LogP contribution in [-0.2, 0) is 4.74 Å². The van der Waals surface area contributed by atoms with E-state index in [9.17, 15) is 15.0 Å². The Balaban J connectivity index is 1.99. The Morgan fingerprint density at radius 1 is 1.45 bits per heavy atom. The first-order chi connectivity index (χ1) is 9.63. The van der Waals surface area contributed by atoms with Crippen LogP contribution in [0.4, 0.5) is 0 Å². The van der Waals surface area contributed by atoms with E-state index in [1.54, 1.807) is 0 Å². The van der Waals surface area contributed by atoms with Crippen LogP contribution >= 0.6 is 11.8 Å². The lowest BCUT2D eigenvalue weighted by molar-refractivity contribution is -0.745. The van der Waals surface area contributed by atoms with Gasteiger partial charge in [-0.05, 0) is 6.26 Å². The normalized spacial score (nSPS) is 30.1. The van der Waals surface area contributed by atoms with Crippen LogP contribution in [0, 0.1) is 0 Å². The minimum absolute atomic E-state index is 0.297. The SMILES string of the molecule is CSC[C@H]1O[C@@H]([n+]2c[nH]c3c(=O)[nH]cnc32)[C@H](O)[C@@H]1O. The fraction of sp³-hybridized carbons (Fsp3) is 0.545. The van der Waals surface area contributed by atoms with Crippen LogP contribution in [-0.4, -0.2) is 55.5 Å². The Labute approximate surface area is 117 Å². The lowest BCUT2D eigenvalue weighted by atomic mass is 10.1. The predicted molar refractivity (Wildman–Crippen MR) is 71.2 cm³/mol. The number of aliphatic hydroxyl groups excluding tert-OH is 2. The molecule has 1 aliphatic heterocycles. The largest absolute Gasteiger partial charge is 0.387 e. The van der Waals surface area contributed by atoms with E-state index in [-0.39, 0.29) is 5.56 Å². The average Bonchev–Trinajstić information content (AvgIpc) is 2.97. The number of rotatable bonds is 3. The maximum Gasteiger partial charge on any atom is 0.311 e. The molecule has 1 aliphatic rings. The quantitative estimate of drug-likeness (QED) is 0.514. The lowest BCUT2D eigenvalue weighted by Crippen LogP contribution is -2.45. The highest BCUT2D eigenvalue weighted by Crippen LogP contribution is 2.27. The number of hydrogen-bond donors (Lipinski definition) is 4. The molecule has 2 aromatic heterocycles. The average molecular weight is 299 g/mol. The van der Waals surface area contributed by atoms with Crippen LogP contribution in [0.3, 0.4) is 0 Å². The van der Waals surface area contributed by atoms with Gasteiger partial charge in [-0.15, -0.1) is 0 Å². The number of aromatic nitrogens is 4. The van der Waals surface area contributed by atoms with E-state index in [0.717, 1.165) is 0 Å². The predicted octanol–water partition coefficient (Wildman–Crippen LogP) is -1.48. The summed E-state index contributed by atoms with van der Waals surface area (Å²) in [6.45, 7) is 0. The number of aliphatic hydroxyl groups is 2. The molecule has 3 heterocycles. The molecule has 108 valence electrons. The Morgan fingerprint density at radius 3 is 3.00 bits per heavy atom. The van der Waals surface area contributed by atoms with E-state index in [2.05, 4.69) is 15.0 Å². The van der Waals surface area contributed by atoms with Crippen LogP contribution in [0.2, 0.25) is 0 Å². The van der Waals surface area contributed by atoms with E-state index in [1.807, 2.05) is 6.26 Å². The molecule has 0 aliphatic carbocycles. The maximum absolute atomic E-state index is 11.6. The molecule has 8 nitrogen and oxygen atoms in total. The number of hydrogen-bond acceptors (Lipinski definition) is 6. The number of ether oxygens (including phenoxy) is 1. The zero-order chi connectivity index (χ0) is 14.3. The fourth-order valence-electron chi connectivity index (χ4n) is 2.37. The third-order valence-corrected chi connectivity index (χ3v) is 4.03. The number of imidazole rings is 1. The standard InChI is InChI=1S/C11H14N4O4S/c1-20-2-5-7(16)8(17)11(19-5)15-4-14-6-9(15)12-3-13-10(6)18/h3-5,7-8,11,16-17H,2H2,1H3,(H,12,13,18)/p+1/t5-,7-,8-,11-/m1/s1. The van der Waals surface area contributed by atoms with Gasteiger partial charge in [0.1, 0.15) is 12.2 Å². The number of nitrogens with zero attached hydrogens (tertiary/aromatic N) is 2. The molecule has 9 heteroatoms. The number of nitrogens with one attached hydrogen (secondary N) is 2. The van der Waals surface area contributed by atoms with Gasteiger partial charge in [0, 0.05) is 5.75 Å². The highest BCUT2D eigenvalue weighted by atomic mass is 32.2. The summed E-state index contributed by atoms with van der Waals surface area (Å²) in [7, 11) is 0. The second-order valence-corrected chi connectivity index (χ2v) is 5.52. The zero-order valence-corrected chi connectivity index (χ0v) is 11.5. The third kappa shape index (κ3) is 2.03. The van der Waals surface area contributed by atoms with Gasteiger partial charge in [0.15, 0.2) is 12.7 Å². The number of H-pyrrole nitrogens is 2. The van der Waals surface area contributed by atoms with E-state index in [4.69, 9.17) is 4.74 Å². The zero-order valence-electron chi connectivity index (χ0n) is 10.7. The Kier molecular flexibility index (Phi) is 3.50. The van der Waals surface area contributed by atoms with Gasteiger partial charge in [-0.3, -0.25) is 14.8 Å². The molecule has 0 amide bonds. The van der Waals surface area contributed by atoms with Gasteiger partial charge in [-0.1, -0.05) is 4.98 Å². The molecular formula is C11H15N4O4S+. The summed E-state index contributed by atoms with van der Waals surface area (Å²) in [5, 5.41) is 20.1. The minimum atomic E-state index is -1.07. The summed E-state index contributed by atoms with van der Waals surface area (Å²) in [5.74, 6) is 0.575. The van der Waals surface area contributed by atoms with Gasteiger partial charge in [-0.2, -0.15) is 11.8 Å². The van der Waals surface area contributed by atoms with Gasteiger partial charge < -0.3 is 14.9 Å². The van der Waals surface area contributed by atoms with Crippen molar-refractivity contribution >= 4 is 22.9 Å². The summed E-state index contributed by atoms with van der Waals surface area (Å²) in [4.78, 5) is 21.0. The molecule has 4 atom stereocenters. The second kappa shape index (κ2) is 5.17. The van der Waals surface area contributed by atoms with Crippen molar-refractivity contribution < 1.29 is 19.5 Å². The minimum Gasteiger partial charge on any atom is -0.387 e. The molecule has 0 unspecified atom stereocenters. The van der Waals surface area contributed by atoms with Crippen molar-refractivity contribution in [1.29, 1.82) is 0 Å². The van der Waals surface area contributed by atoms with Gasteiger partial charge in [-0.25, -0.2) is 4.57 Å². The van der Waals surface area contributed by atoms with E-state index >= 15 is 0 Å². The van der Waals surface area contributed by atoms with Crippen LogP contribution in [0.15, 0.2) is 17.4 Å². The molecule has 0 saturated carbocycles. The first kappa shape index (κ1) is 13.6. The monoisotopic (exact) mass is 299 g/mol. The van der Waals surface area contributed by atoms with Crippen LogP contribution < -0.4 is 10.1 Å². The molecular weight excluding hydrogens is 284 g/mol. The van der Waals surface area contributed by atoms with Crippen LogP contribution in [0.5, 0.6) is 0 Å². The van der Waals surface area contributed by atoms with Crippen LogP contribution in [0.1, 0.15) is 6.23 Å². The first-order valence-electron chi connectivity index (χ1n) is 6.10. The van der Waals surface area contributed by atoms with Crippen molar-refractivity contribution in [2.45, 2.75) is 24.5 Å². The summed E-state index contributed by atoms with van der Waals surface area (Å²) in [6.07, 6.45) is 1.43. The Hall–Kier alpha value is -1.42. The second-order valence-electron chi connectivity index (χ2n) is 4.61. The number of fused-ring (bicyclic) bond motifs is 1. The van der Waals surface area contributed by atoms with E-state index < -0.39 is 24.5 Å². The lowest BCUT2D eigenvalue weighted by Gasteiger charge is -2.11. The summed E-state index contributed by atoms with van der Waals surface area (Å²) in [6, 6.07) is 0. The number of aromatic amines is 2. The summed E-state index contributed by atoms with van der Waals surface area (Å²) >= 11 is 1.53. The van der Waals surface area contributed by atoms with E-state index in [1.165, 1.54) is 29.0 Å². The summed E-state index contributed by atoms with van der Waals surface area (Å²) < 4.78 is 7.22. The molecule has 1 saturated heterocycles. The molecule has 0 aromatic carbocycles. The fourth-order valence-corrected chi connectivity index (χ4v) is 2.97. The highest BCUT2D eigenvalue weighted by Gasteiger charge is 2.46. The molecule has 0 spiro atoms. The van der Waals surface area contributed by atoms with Crippen molar-refractivity contribution in [3.8, 4) is 0 Å². The topological polar surface area (TPSA) is 115 Å². The van der Waals surface area contributed by atoms with Crippen molar-refractivity contribution in [1.82, 2.24) is 15.0 Å². The number of thioether (sulfide) groups is 1. The molecule has 4 N–H and O–H groups in total. The molecule has 1 fully saturated rings. The molecule has 20 heavy (non-hydrogen) atoms. The van der Waals surface area contributed by atoms with Gasteiger partial charge in [0.05, 0.1) is 6.10 Å². The Morgan fingerprint density at radius 2 is 2.25 bits per heavy atom. The highest BCUT2D eigenvalue weighted by molar-refractivity contribution is 7.98. The van der Waals surface area contributed by atoms with Crippen molar-refractivity contribution in [2.75, 3.05) is 12.0 Å². The smallest absolute Gasteiger partial charge is 0.311 e. The summed E-state index contributed by atoms with van der Waals surface area (Å²) in [5.41, 5.74) is 0.364.